The van der Waals surface area contributed by atoms with Crippen LogP contribution < -0.4 is 10.2 Å². The molecule has 1 saturated heterocycles. The predicted molar refractivity (Wildman–Crippen MR) is 69.2 cm³/mol. The average molecular weight is 251 g/mol. The van der Waals surface area contributed by atoms with Gasteiger partial charge in [-0.05, 0) is 27.2 Å². The van der Waals surface area contributed by atoms with E-state index in [1.54, 1.807) is 0 Å². The van der Waals surface area contributed by atoms with Crippen molar-refractivity contribution in [3.05, 3.63) is 17.9 Å². The first kappa shape index (κ1) is 12.8. The van der Waals surface area contributed by atoms with Gasteiger partial charge in [0, 0.05) is 30.6 Å². The van der Waals surface area contributed by atoms with Gasteiger partial charge in [0.1, 0.15) is 17.5 Å². The van der Waals surface area contributed by atoms with Gasteiger partial charge in [-0.2, -0.15) is 0 Å². The van der Waals surface area contributed by atoms with Gasteiger partial charge in [0.2, 0.25) is 5.91 Å². The minimum absolute atomic E-state index is 0.00908. The third-order valence-corrected chi connectivity index (χ3v) is 2.63. The quantitative estimate of drug-likeness (QED) is 0.878. The molecule has 0 atom stereocenters. The minimum Gasteiger partial charge on any atom is -0.365 e. The summed E-state index contributed by atoms with van der Waals surface area (Å²) in [6, 6.07) is 2.65. The number of anilines is 2. The normalized spacial score (nSPS) is 16.2. The fourth-order valence-electron chi connectivity index (χ4n) is 1.96. The zero-order valence-electron chi connectivity index (χ0n) is 11.0. The number of carbonyl (C=O) groups excluding carboxylic acids is 1. The maximum Gasteiger partial charge on any atom is 0.228 e. The summed E-state index contributed by atoms with van der Waals surface area (Å²) >= 11 is 0. The van der Waals surface area contributed by atoms with Crippen LogP contribution in [0.25, 0.3) is 0 Å². The highest BCUT2D eigenvalue weighted by Crippen LogP contribution is 2.23. The fourth-order valence-corrected chi connectivity index (χ4v) is 1.96. The number of amides is 1. The van der Waals surface area contributed by atoms with Gasteiger partial charge in [0.05, 0.1) is 0 Å². The van der Waals surface area contributed by atoms with E-state index in [-0.39, 0.29) is 17.3 Å². The van der Waals surface area contributed by atoms with Crippen molar-refractivity contribution < 1.29 is 9.18 Å². The number of nitrogens with one attached hydrogen (secondary N) is 1. The lowest BCUT2D eigenvalue weighted by atomic mass is 10.1. The van der Waals surface area contributed by atoms with Gasteiger partial charge in [0.25, 0.3) is 0 Å². The molecule has 2 heterocycles. The number of halogens is 1. The van der Waals surface area contributed by atoms with E-state index in [4.69, 9.17) is 0 Å². The maximum absolute atomic E-state index is 13.6. The third-order valence-electron chi connectivity index (χ3n) is 2.63. The first-order valence-corrected chi connectivity index (χ1v) is 6.11. The lowest BCUT2D eigenvalue weighted by Gasteiger charge is -2.23. The van der Waals surface area contributed by atoms with Crippen molar-refractivity contribution in [1.29, 1.82) is 0 Å². The van der Waals surface area contributed by atoms with E-state index in [2.05, 4.69) is 10.3 Å². The number of pyridine rings is 1. The Kier molecular flexibility index (Phi) is 3.24. The summed E-state index contributed by atoms with van der Waals surface area (Å²) in [4.78, 5) is 17.5. The number of carbonyl (C=O) groups is 1. The van der Waals surface area contributed by atoms with Crippen LogP contribution in [0, 0.1) is 5.82 Å². The molecule has 0 radical (unpaired) electrons. The van der Waals surface area contributed by atoms with Crippen molar-refractivity contribution in [3.8, 4) is 0 Å². The van der Waals surface area contributed by atoms with E-state index < -0.39 is 0 Å². The van der Waals surface area contributed by atoms with Crippen molar-refractivity contribution in [2.45, 2.75) is 39.2 Å². The van der Waals surface area contributed by atoms with Crippen molar-refractivity contribution in [2.24, 2.45) is 0 Å². The molecule has 18 heavy (non-hydrogen) atoms. The van der Waals surface area contributed by atoms with Crippen LogP contribution in [0.15, 0.2) is 12.1 Å². The molecule has 1 aromatic rings. The Bertz CT molecular complexity index is 468. The van der Waals surface area contributed by atoms with Crippen molar-refractivity contribution in [1.82, 2.24) is 4.98 Å². The Labute approximate surface area is 106 Å². The van der Waals surface area contributed by atoms with Crippen LogP contribution in [-0.4, -0.2) is 23.0 Å². The van der Waals surface area contributed by atoms with Crippen LogP contribution in [-0.2, 0) is 4.79 Å². The molecular formula is C13H18FN3O. The molecule has 0 spiro atoms. The van der Waals surface area contributed by atoms with Gasteiger partial charge in [0.15, 0.2) is 0 Å². The summed E-state index contributed by atoms with van der Waals surface area (Å²) in [5.74, 6) is 0.475. The smallest absolute Gasteiger partial charge is 0.228 e. The Morgan fingerprint density at radius 1 is 1.39 bits per heavy atom. The van der Waals surface area contributed by atoms with Crippen LogP contribution in [0.2, 0.25) is 0 Å². The Hall–Kier alpha value is -1.65. The van der Waals surface area contributed by atoms with Crippen molar-refractivity contribution in [3.63, 3.8) is 0 Å². The second kappa shape index (κ2) is 4.55. The standard InChI is InChI=1S/C13H18FN3O/c1-13(2,3)16-10-7-9(14)8-11(15-10)17-6-4-5-12(17)18/h7-8H,4-6H2,1-3H3,(H,15,16). The second-order valence-electron chi connectivity index (χ2n) is 5.55. The monoisotopic (exact) mass is 251 g/mol. The maximum atomic E-state index is 13.6. The summed E-state index contributed by atoms with van der Waals surface area (Å²) in [6.07, 6.45) is 1.32. The number of hydrogen-bond acceptors (Lipinski definition) is 3. The van der Waals surface area contributed by atoms with Crippen LogP contribution >= 0.6 is 0 Å². The second-order valence-corrected chi connectivity index (χ2v) is 5.55. The summed E-state index contributed by atoms with van der Waals surface area (Å²) in [5, 5.41) is 3.11. The van der Waals surface area contributed by atoms with E-state index in [1.807, 2.05) is 20.8 Å². The molecule has 1 fully saturated rings. The number of nitrogens with zero attached hydrogens (tertiary/aromatic N) is 2. The van der Waals surface area contributed by atoms with Gasteiger partial charge in [-0.1, -0.05) is 0 Å². The minimum atomic E-state index is -0.383. The van der Waals surface area contributed by atoms with E-state index in [0.717, 1.165) is 6.42 Å². The van der Waals surface area contributed by atoms with Crippen LogP contribution in [0.4, 0.5) is 16.0 Å². The van der Waals surface area contributed by atoms with Gasteiger partial charge < -0.3 is 5.32 Å². The summed E-state index contributed by atoms with van der Waals surface area (Å²) < 4.78 is 13.6. The van der Waals surface area contributed by atoms with E-state index in [1.165, 1.54) is 17.0 Å². The zero-order chi connectivity index (χ0) is 13.3. The SMILES string of the molecule is CC(C)(C)Nc1cc(F)cc(N2CCCC2=O)n1. The molecule has 2 rings (SSSR count). The Morgan fingerprint density at radius 2 is 2.11 bits per heavy atom. The predicted octanol–water partition coefficient (Wildman–Crippen LogP) is 2.56. The zero-order valence-corrected chi connectivity index (χ0v) is 11.0. The van der Waals surface area contributed by atoms with Crippen LogP contribution in [0.3, 0.4) is 0 Å². The molecule has 1 aliphatic heterocycles. The largest absolute Gasteiger partial charge is 0.365 e. The molecule has 4 nitrogen and oxygen atoms in total. The summed E-state index contributed by atoms with van der Waals surface area (Å²) in [5.41, 5.74) is -0.201. The van der Waals surface area contributed by atoms with Gasteiger partial charge in [-0.3, -0.25) is 9.69 Å². The molecule has 0 aromatic carbocycles. The molecule has 1 aromatic heterocycles. The van der Waals surface area contributed by atoms with Gasteiger partial charge >= 0.3 is 0 Å². The highest BCUT2D eigenvalue weighted by Gasteiger charge is 2.24. The topological polar surface area (TPSA) is 45.2 Å². The molecule has 1 N–H and O–H groups in total. The highest BCUT2D eigenvalue weighted by molar-refractivity contribution is 5.94. The number of hydrogen-bond donors (Lipinski definition) is 1. The number of aromatic nitrogens is 1. The van der Waals surface area contributed by atoms with Gasteiger partial charge in [-0.25, -0.2) is 9.37 Å². The molecule has 0 saturated carbocycles. The van der Waals surface area contributed by atoms with E-state index >= 15 is 0 Å². The highest BCUT2D eigenvalue weighted by atomic mass is 19.1. The summed E-state index contributed by atoms with van der Waals surface area (Å²) in [6.45, 7) is 6.53. The molecule has 0 unspecified atom stereocenters. The Morgan fingerprint density at radius 3 is 2.67 bits per heavy atom. The van der Waals surface area contributed by atoms with Crippen molar-refractivity contribution in [2.75, 3.05) is 16.8 Å². The molecule has 1 amide bonds. The third kappa shape index (κ3) is 2.97. The lowest BCUT2D eigenvalue weighted by Crippen LogP contribution is -2.28. The van der Waals surface area contributed by atoms with Gasteiger partial charge in [-0.15, -0.1) is 0 Å². The fraction of sp³-hybridized carbons (Fsp3) is 0.538. The molecule has 1 aliphatic rings. The molecule has 0 bridgehead atoms. The van der Waals surface area contributed by atoms with E-state index in [0.29, 0.717) is 24.6 Å². The average Bonchev–Trinajstić information content (AvgIpc) is 2.60. The number of rotatable bonds is 2. The molecular weight excluding hydrogens is 233 g/mol. The first-order valence-electron chi connectivity index (χ1n) is 6.11. The van der Waals surface area contributed by atoms with Crippen molar-refractivity contribution >= 4 is 17.5 Å². The molecule has 0 aliphatic carbocycles. The van der Waals surface area contributed by atoms with Crippen LogP contribution in [0.1, 0.15) is 33.6 Å². The van der Waals surface area contributed by atoms with E-state index in [9.17, 15) is 9.18 Å². The van der Waals surface area contributed by atoms with Crippen LogP contribution in [0.5, 0.6) is 0 Å². The summed E-state index contributed by atoms with van der Waals surface area (Å²) in [7, 11) is 0. The molecule has 5 heteroatoms. The lowest BCUT2D eigenvalue weighted by molar-refractivity contribution is -0.117. The first-order chi connectivity index (χ1) is 8.35. The molecule has 98 valence electrons. The Balaban J connectivity index is 2.29.